The van der Waals surface area contributed by atoms with E-state index in [4.69, 9.17) is 5.73 Å². The summed E-state index contributed by atoms with van der Waals surface area (Å²) in [5, 5.41) is 0. The number of nitrogens with zero attached hydrogens (tertiary/aromatic N) is 1. The molecule has 0 fully saturated rings. The Morgan fingerprint density at radius 3 is 3.10 bits per heavy atom. The summed E-state index contributed by atoms with van der Waals surface area (Å²) in [6.45, 7) is 1.44. The highest BCUT2D eigenvalue weighted by Crippen LogP contribution is 2.06. The lowest BCUT2D eigenvalue weighted by Crippen LogP contribution is -2.06. The fourth-order valence-electron chi connectivity index (χ4n) is 1.04. The van der Waals surface area contributed by atoms with Crippen molar-refractivity contribution in [2.24, 2.45) is 10.7 Å². The molecule has 0 bridgehead atoms. The summed E-state index contributed by atoms with van der Waals surface area (Å²) in [6.07, 6.45) is 7.88. The van der Waals surface area contributed by atoms with Crippen LogP contribution in [0.15, 0.2) is 17.1 Å². The monoisotopic (exact) mass is 138 g/mol. The third kappa shape index (κ3) is 2.31. The Kier molecular flexibility index (Phi) is 3.16. The minimum Gasteiger partial charge on any atom is -0.329 e. The van der Waals surface area contributed by atoms with Gasteiger partial charge in [-0.15, -0.1) is 0 Å². The van der Waals surface area contributed by atoms with Crippen LogP contribution in [0.4, 0.5) is 0 Å². The first-order valence-corrected chi connectivity index (χ1v) is 3.83. The molecule has 0 saturated heterocycles. The molecule has 0 aromatic rings. The van der Waals surface area contributed by atoms with Crippen LogP contribution in [0.2, 0.25) is 0 Å². The third-order valence-corrected chi connectivity index (χ3v) is 1.56. The van der Waals surface area contributed by atoms with Crippen molar-refractivity contribution in [1.29, 1.82) is 0 Å². The van der Waals surface area contributed by atoms with Gasteiger partial charge in [0, 0.05) is 12.3 Å². The first kappa shape index (κ1) is 7.48. The molecule has 0 aromatic carbocycles. The van der Waals surface area contributed by atoms with Gasteiger partial charge in [-0.05, 0) is 25.3 Å². The average Bonchev–Trinajstić information content (AvgIpc) is 2.03. The summed E-state index contributed by atoms with van der Waals surface area (Å²) in [5.74, 6) is 0. The van der Waals surface area contributed by atoms with Crippen LogP contribution in [0.5, 0.6) is 0 Å². The molecule has 0 saturated carbocycles. The fourth-order valence-corrected chi connectivity index (χ4v) is 1.04. The maximum Gasteiger partial charge on any atom is 0.0515 e. The standard InChI is InChI=1S/C8H14N2/c9-6-7-10-8-4-2-1-3-5-8/h2,4H,1,3,5-7,9H2. The highest BCUT2D eigenvalue weighted by atomic mass is 14.8. The quantitative estimate of drug-likeness (QED) is 0.610. The van der Waals surface area contributed by atoms with E-state index >= 15 is 0 Å². The maximum absolute atomic E-state index is 5.31. The van der Waals surface area contributed by atoms with Crippen LogP contribution >= 0.6 is 0 Å². The van der Waals surface area contributed by atoms with E-state index in [0.29, 0.717) is 6.54 Å². The second-order valence-corrected chi connectivity index (χ2v) is 2.46. The van der Waals surface area contributed by atoms with E-state index in [0.717, 1.165) is 13.0 Å². The number of hydrogen-bond acceptors (Lipinski definition) is 2. The lowest BCUT2D eigenvalue weighted by atomic mass is 10.1. The number of nitrogens with two attached hydrogens (primary N) is 1. The van der Waals surface area contributed by atoms with E-state index in [2.05, 4.69) is 17.1 Å². The van der Waals surface area contributed by atoms with Crippen molar-refractivity contribution in [2.45, 2.75) is 19.3 Å². The lowest BCUT2D eigenvalue weighted by molar-refractivity contribution is 0.866. The zero-order chi connectivity index (χ0) is 7.23. The van der Waals surface area contributed by atoms with Gasteiger partial charge in [-0.25, -0.2) is 0 Å². The Balaban J connectivity index is 2.38. The summed E-state index contributed by atoms with van der Waals surface area (Å²) in [7, 11) is 0. The van der Waals surface area contributed by atoms with Gasteiger partial charge in [0.1, 0.15) is 0 Å². The van der Waals surface area contributed by atoms with Gasteiger partial charge in [0.25, 0.3) is 0 Å². The minimum atomic E-state index is 0.664. The molecular formula is C8H14N2. The molecule has 2 nitrogen and oxygen atoms in total. The molecule has 1 aliphatic rings. The molecule has 0 amide bonds. The molecule has 0 aliphatic heterocycles. The van der Waals surface area contributed by atoms with E-state index < -0.39 is 0 Å². The van der Waals surface area contributed by atoms with Gasteiger partial charge < -0.3 is 5.73 Å². The van der Waals surface area contributed by atoms with Crippen LogP contribution < -0.4 is 5.73 Å². The van der Waals surface area contributed by atoms with Crippen molar-refractivity contribution in [3.05, 3.63) is 12.2 Å². The van der Waals surface area contributed by atoms with Crippen molar-refractivity contribution >= 4 is 5.71 Å². The summed E-state index contributed by atoms with van der Waals surface area (Å²) in [4.78, 5) is 4.31. The van der Waals surface area contributed by atoms with Gasteiger partial charge in [-0.1, -0.05) is 6.08 Å². The Bertz CT molecular complexity index is 147. The molecule has 1 rings (SSSR count). The molecule has 0 radical (unpaired) electrons. The zero-order valence-corrected chi connectivity index (χ0v) is 6.21. The van der Waals surface area contributed by atoms with Crippen molar-refractivity contribution in [3.8, 4) is 0 Å². The van der Waals surface area contributed by atoms with E-state index in [1.165, 1.54) is 18.6 Å². The van der Waals surface area contributed by atoms with Crippen LogP contribution in [0.3, 0.4) is 0 Å². The van der Waals surface area contributed by atoms with Crippen LogP contribution in [-0.4, -0.2) is 18.8 Å². The van der Waals surface area contributed by atoms with E-state index in [-0.39, 0.29) is 0 Å². The molecule has 56 valence electrons. The summed E-state index contributed by atoms with van der Waals surface area (Å²) in [6, 6.07) is 0. The van der Waals surface area contributed by atoms with Crippen LogP contribution in [0, 0.1) is 0 Å². The number of aliphatic imine (C=N–C) groups is 1. The smallest absolute Gasteiger partial charge is 0.0515 e. The molecule has 0 atom stereocenters. The maximum atomic E-state index is 5.31. The topological polar surface area (TPSA) is 38.4 Å². The third-order valence-electron chi connectivity index (χ3n) is 1.56. The van der Waals surface area contributed by atoms with E-state index in [1.54, 1.807) is 0 Å². The van der Waals surface area contributed by atoms with Gasteiger partial charge in [-0.2, -0.15) is 0 Å². The van der Waals surface area contributed by atoms with Gasteiger partial charge in [0.15, 0.2) is 0 Å². The highest BCUT2D eigenvalue weighted by Gasteiger charge is 1.97. The van der Waals surface area contributed by atoms with Crippen LogP contribution in [0.25, 0.3) is 0 Å². The average molecular weight is 138 g/mol. The van der Waals surface area contributed by atoms with Crippen LogP contribution in [-0.2, 0) is 0 Å². The normalized spacial score (nSPS) is 21.9. The Morgan fingerprint density at radius 2 is 2.50 bits per heavy atom. The molecular weight excluding hydrogens is 124 g/mol. The molecule has 0 aromatic heterocycles. The second-order valence-electron chi connectivity index (χ2n) is 2.46. The van der Waals surface area contributed by atoms with E-state index in [9.17, 15) is 0 Å². The fraction of sp³-hybridized carbons (Fsp3) is 0.625. The predicted molar refractivity (Wildman–Crippen MR) is 44.3 cm³/mol. The predicted octanol–water partition coefficient (Wildman–Crippen LogP) is 1.13. The van der Waals surface area contributed by atoms with E-state index in [1.807, 2.05) is 0 Å². The number of hydrogen-bond donors (Lipinski definition) is 1. The first-order valence-electron chi connectivity index (χ1n) is 3.83. The summed E-state index contributed by atoms with van der Waals surface area (Å²) >= 11 is 0. The molecule has 0 spiro atoms. The molecule has 10 heavy (non-hydrogen) atoms. The van der Waals surface area contributed by atoms with Crippen molar-refractivity contribution < 1.29 is 0 Å². The van der Waals surface area contributed by atoms with Crippen LogP contribution in [0.1, 0.15) is 19.3 Å². The highest BCUT2D eigenvalue weighted by molar-refractivity contribution is 5.95. The Labute approximate surface area is 61.8 Å². The number of rotatable bonds is 2. The molecule has 0 heterocycles. The van der Waals surface area contributed by atoms with Gasteiger partial charge in [-0.3, -0.25) is 4.99 Å². The lowest BCUT2D eigenvalue weighted by Gasteiger charge is -2.04. The van der Waals surface area contributed by atoms with Crippen molar-refractivity contribution in [1.82, 2.24) is 0 Å². The van der Waals surface area contributed by atoms with Gasteiger partial charge >= 0.3 is 0 Å². The molecule has 1 aliphatic carbocycles. The first-order chi connectivity index (χ1) is 4.93. The zero-order valence-electron chi connectivity index (χ0n) is 6.21. The minimum absolute atomic E-state index is 0.664. The summed E-state index contributed by atoms with van der Waals surface area (Å²) in [5.41, 5.74) is 6.53. The Morgan fingerprint density at radius 1 is 1.60 bits per heavy atom. The van der Waals surface area contributed by atoms with Gasteiger partial charge in [0.2, 0.25) is 0 Å². The summed E-state index contributed by atoms with van der Waals surface area (Å²) < 4.78 is 0. The second kappa shape index (κ2) is 4.23. The molecule has 2 N–H and O–H groups in total. The molecule has 2 heteroatoms. The van der Waals surface area contributed by atoms with Gasteiger partial charge in [0.05, 0.1) is 6.54 Å². The largest absolute Gasteiger partial charge is 0.329 e. The number of allylic oxidation sites excluding steroid dienone is 2. The SMILES string of the molecule is NCCN=C1C=CCCC1. The molecule has 0 unspecified atom stereocenters. The Hall–Kier alpha value is -0.630. The van der Waals surface area contributed by atoms with Crippen molar-refractivity contribution in [2.75, 3.05) is 13.1 Å². The van der Waals surface area contributed by atoms with Crippen molar-refractivity contribution in [3.63, 3.8) is 0 Å².